The van der Waals surface area contributed by atoms with Crippen LogP contribution in [0.15, 0.2) is 77.6 Å². The van der Waals surface area contributed by atoms with Crippen molar-refractivity contribution in [2.75, 3.05) is 0 Å². The minimum atomic E-state index is -0.338. The smallest absolute Gasteiger partial charge is 0.287 e. The number of aromatic nitrogens is 3. The van der Waals surface area contributed by atoms with Crippen LogP contribution in [0, 0.1) is 5.82 Å². The second-order valence-corrected chi connectivity index (χ2v) is 6.16. The minimum Gasteiger partial charge on any atom is -0.486 e. The molecule has 0 saturated carbocycles. The largest absolute Gasteiger partial charge is 0.486 e. The number of hydrogen-bond donors (Lipinski definition) is 1. The fraction of sp³-hybridized carbons (Fsp3) is 0.0952. The van der Waals surface area contributed by atoms with Gasteiger partial charge in [0.1, 0.15) is 23.9 Å². The van der Waals surface area contributed by atoms with Crippen molar-refractivity contribution in [3.8, 4) is 11.6 Å². The maximum Gasteiger partial charge on any atom is 0.287 e. The van der Waals surface area contributed by atoms with Gasteiger partial charge in [0.15, 0.2) is 11.6 Å². The molecule has 0 atom stereocenters. The van der Waals surface area contributed by atoms with Gasteiger partial charge in [0.25, 0.3) is 5.91 Å². The standard InChI is InChI=1S/C21H17FN4O3/c22-16-2-4-17(5-3-16)28-14-18-6-7-19(29-18)21(27)24-13-15-8-10-23-20(12-15)26-11-1-9-25-26/h1-12H,13-14H2,(H,24,27). The number of amides is 1. The molecule has 8 heteroatoms. The predicted molar refractivity (Wildman–Crippen MR) is 102 cm³/mol. The molecule has 146 valence electrons. The van der Waals surface area contributed by atoms with Crippen LogP contribution in [0.25, 0.3) is 5.82 Å². The molecule has 4 aromatic rings. The van der Waals surface area contributed by atoms with Gasteiger partial charge in [0, 0.05) is 25.1 Å². The van der Waals surface area contributed by atoms with E-state index in [1.165, 1.54) is 24.3 Å². The molecule has 0 bridgehead atoms. The summed E-state index contributed by atoms with van der Waals surface area (Å²) < 4.78 is 25.6. The quantitative estimate of drug-likeness (QED) is 0.520. The van der Waals surface area contributed by atoms with Gasteiger partial charge in [-0.3, -0.25) is 4.79 Å². The van der Waals surface area contributed by atoms with Crippen LogP contribution in [0.1, 0.15) is 21.9 Å². The monoisotopic (exact) mass is 392 g/mol. The predicted octanol–water partition coefficient (Wildman–Crippen LogP) is 3.51. The maximum absolute atomic E-state index is 12.9. The Kier molecular flexibility index (Phi) is 5.33. The van der Waals surface area contributed by atoms with Crippen LogP contribution >= 0.6 is 0 Å². The van der Waals surface area contributed by atoms with Crippen molar-refractivity contribution in [2.24, 2.45) is 0 Å². The van der Waals surface area contributed by atoms with Crippen molar-refractivity contribution in [2.45, 2.75) is 13.2 Å². The highest BCUT2D eigenvalue weighted by Gasteiger charge is 2.12. The van der Waals surface area contributed by atoms with Crippen LogP contribution < -0.4 is 10.1 Å². The first-order valence-corrected chi connectivity index (χ1v) is 8.87. The summed E-state index contributed by atoms with van der Waals surface area (Å²) in [6.07, 6.45) is 5.13. The first kappa shape index (κ1) is 18.4. The number of ether oxygens (including phenoxy) is 1. The fourth-order valence-electron chi connectivity index (χ4n) is 2.63. The molecular formula is C21H17FN4O3. The Morgan fingerprint density at radius 2 is 2.00 bits per heavy atom. The number of benzene rings is 1. The van der Waals surface area contributed by atoms with Crippen LogP contribution in [0.2, 0.25) is 0 Å². The van der Waals surface area contributed by atoms with Crippen molar-refractivity contribution in [1.29, 1.82) is 0 Å². The zero-order valence-corrected chi connectivity index (χ0v) is 15.3. The summed E-state index contributed by atoms with van der Waals surface area (Å²) in [6, 6.07) is 14.4. The number of nitrogens with zero attached hydrogens (tertiary/aromatic N) is 3. The first-order valence-electron chi connectivity index (χ1n) is 8.87. The van der Waals surface area contributed by atoms with E-state index in [1.54, 1.807) is 35.4 Å². The molecule has 1 N–H and O–H groups in total. The molecule has 0 unspecified atom stereocenters. The molecule has 0 aliphatic rings. The van der Waals surface area contributed by atoms with E-state index in [-0.39, 0.29) is 24.1 Å². The molecule has 4 rings (SSSR count). The molecular weight excluding hydrogens is 375 g/mol. The molecule has 0 fully saturated rings. The molecule has 0 aliphatic heterocycles. The fourth-order valence-corrected chi connectivity index (χ4v) is 2.63. The molecule has 1 aromatic carbocycles. The van der Waals surface area contributed by atoms with E-state index in [4.69, 9.17) is 9.15 Å². The SMILES string of the molecule is O=C(NCc1ccnc(-n2cccn2)c1)c1ccc(COc2ccc(F)cc2)o1. The zero-order chi connectivity index (χ0) is 20.1. The number of halogens is 1. The van der Waals surface area contributed by atoms with Crippen LogP contribution in [-0.2, 0) is 13.2 Å². The number of carbonyl (C=O) groups excluding carboxylic acids is 1. The third-order valence-electron chi connectivity index (χ3n) is 4.08. The lowest BCUT2D eigenvalue weighted by atomic mass is 10.2. The Bertz CT molecular complexity index is 1090. The highest BCUT2D eigenvalue weighted by atomic mass is 19.1. The summed E-state index contributed by atoms with van der Waals surface area (Å²) in [5.74, 6) is 1.18. The Balaban J connectivity index is 1.32. The van der Waals surface area contributed by atoms with Crippen molar-refractivity contribution in [3.63, 3.8) is 0 Å². The van der Waals surface area contributed by atoms with Crippen LogP contribution in [0.5, 0.6) is 5.75 Å². The lowest BCUT2D eigenvalue weighted by Gasteiger charge is -2.06. The number of rotatable bonds is 7. The summed E-state index contributed by atoms with van der Waals surface area (Å²) in [6.45, 7) is 0.453. The Morgan fingerprint density at radius 1 is 1.14 bits per heavy atom. The van der Waals surface area contributed by atoms with Crippen LogP contribution in [0.4, 0.5) is 4.39 Å². The first-order chi connectivity index (χ1) is 14.2. The van der Waals surface area contributed by atoms with E-state index < -0.39 is 0 Å². The lowest BCUT2D eigenvalue weighted by Crippen LogP contribution is -2.22. The van der Waals surface area contributed by atoms with E-state index in [1.807, 2.05) is 18.2 Å². The van der Waals surface area contributed by atoms with E-state index in [9.17, 15) is 9.18 Å². The molecule has 29 heavy (non-hydrogen) atoms. The Morgan fingerprint density at radius 3 is 2.79 bits per heavy atom. The van der Waals surface area contributed by atoms with Gasteiger partial charge in [-0.15, -0.1) is 0 Å². The average Bonchev–Trinajstić information content (AvgIpc) is 3.44. The van der Waals surface area contributed by atoms with Crippen molar-refractivity contribution in [3.05, 3.63) is 96.1 Å². The van der Waals surface area contributed by atoms with Gasteiger partial charge in [-0.05, 0) is 60.2 Å². The van der Waals surface area contributed by atoms with Crippen molar-refractivity contribution < 1.29 is 18.3 Å². The van der Waals surface area contributed by atoms with Gasteiger partial charge in [-0.25, -0.2) is 14.1 Å². The van der Waals surface area contributed by atoms with Crippen LogP contribution in [0.3, 0.4) is 0 Å². The third kappa shape index (κ3) is 4.67. The van der Waals surface area contributed by atoms with Crippen molar-refractivity contribution >= 4 is 5.91 Å². The second-order valence-electron chi connectivity index (χ2n) is 6.16. The second kappa shape index (κ2) is 8.39. The summed E-state index contributed by atoms with van der Waals surface area (Å²) in [7, 11) is 0. The maximum atomic E-state index is 12.9. The summed E-state index contributed by atoms with van der Waals surface area (Å²) in [5.41, 5.74) is 0.880. The Labute approximate surface area is 165 Å². The normalized spacial score (nSPS) is 10.7. The highest BCUT2D eigenvalue weighted by molar-refractivity contribution is 5.91. The molecule has 3 aromatic heterocycles. The van der Waals surface area contributed by atoms with Gasteiger partial charge in [0.05, 0.1) is 0 Å². The van der Waals surface area contributed by atoms with Gasteiger partial charge in [-0.1, -0.05) is 0 Å². The third-order valence-corrected chi connectivity index (χ3v) is 4.08. The summed E-state index contributed by atoms with van der Waals surface area (Å²) in [4.78, 5) is 16.6. The molecule has 3 heterocycles. The average molecular weight is 392 g/mol. The summed E-state index contributed by atoms with van der Waals surface area (Å²) in [5, 5.41) is 6.95. The zero-order valence-electron chi connectivity index (χ0n) is 15.3. The van der Waals surface area contributed by atoms with Gasteiger partial charge in [0.2, 0.25) is 0 Å². The Hall–Kier alpha value is -3.94. The summed E-state index contributed by atoms with van der Waals surface area (Å²) >= 11 is 0. The molecule has 7 nitrogen and oxygen atoms in total. The highest BCUT2D eigenvalue weighted by Crippen LogP contribution is 2.15. The number of hydrogen-bond acceptors (Lipinski definition) is 5. The lowest BCUT2D eigenvalue weighted by molar-refractivity contribution is 0.0919. The molecule has 0 saturated heterocycles. The minimum absolute atomic E-state index is 0.135. The van der Waals surface area contributed by atoms with Crippen molar-refractivity contribution in [1.82, 2.24) is 20.1 Å². The number of pyridine rings is 1. The van der Waals surface area contributed by atoms with E-state index in [2.05, 4.69) is 15.4 Å². The molecule has 0 spiro atoms. The van der Waals surface area contributed by atoms with E-state index >= 15 is 0 Å². The topological polar surface area (TPSA) is 82.2 Å². The number of carbonyl (C=O) groups is 1. The van der Waals surface area contributed by atoms with Crippen LogP contribution in [-0.4, -0.2) is 20.7 Å². The van der Waals surface area contributed by atoms with Gasteiger partial charge in [-0.2, -0.15) is 5.10 Å². The van der Waals surface area contributed by atoms with Gasteiger partial charge < -0.3 is 14.5 Å². The molecule has 0 aliphatic carbocycles. The van der Waals surface area contributed by atoms with Gasteiger partial charge >= 0.3 is 0 Å². The van der Waals surface area contributed by atoms with E-state index in [0.29, 0.717) is 23.9 Å². The van der Waals surface area contributed by atoms with E-state index in [0.717, 1.165) is 5.56 Å². The number of nitrogens with one attached hydrogen (secondary N) is 1. The molecule has 0 radical (unpaired) electrons. The number of furan rings is 1. The molecule has 1 amide bonds.